The predicted octanol–water partition coefficient (Wildman–Crippen LogP) is 2.84. The van der Waals surface area contributed by atoms with Gasteiger partial charge in [-0.1, -0.05) is 43.2 Å². The van der Waals surface area contributed by atoms with Gasteiger partial charge < -0.3 is 5.11 Å². The molecule has 1 aromatic rings. The maximum absolute atomic E-state index is 9.98. The van der Waals surface area contributed by atoms with Crippen molar-refractivity contribution in [1.29, 1.82) is 5.26 Å². The fourth-order valence-corrected chi connectivity index (χ4v) is 2.61. The second kappa shape index (κ2) is 5.14. The van der Waals surface area contributed by atoms with Gasteiger partial charge in [0, 0.05) is 5.92 Å². The van der Waals surface area contributed by atoms with E-state index in [4.69, 9.17) is 0 Å². The van der Waals surface area contributed by atoms with Crippen molar-refractivity contribution in [1.82, 2.24) is 0 Å². The van der Waals surface area contributed by atoms with Gasteiger partial charge >= 0.3 is 0 Å². The number of nitrogens with zero attached hydrogens (tertiary/aromatic N) is 1. The van der Waals surface area contributed by atoms with E-state index in [-0.39, 0.29) is 17.9 Å². The van der Waals surface area contributed by atoms with Crippen molar-refractivity contribution in [3.05, 3.63) is 35.9 Å². The number of nitriles is 1. The number of benzene rings is 1. The molecule has 84 valence electrons. The third kappa shape index (κ3) is 2.25. The van der Waals surface area contributed by atoms with Crippen LogP contribution in [0.5, 0.6) is 0 Å². The Morgan fingerprint density at radius 2 is 1.88 bits per heavy atom. The van der Waals surface area contributed by atoms with Gasteiger partial charge in [0.25, 0.3) is 0 Å². The average Bonchev–Trinajstić information content (AvgIpc) is 2.34. The molecule has 2 heteroatoms. The summed E-state index contributed by atoms with van der Waals surface area (Å²) in [6.07, 6.45) is 3.72. The summed E-state index contributed by atoms with van der Waals surface area (Å²) >= 11 is 0. The largest absolute Gasteiger partial charge is 0.393 e. The van der Waals surface area contributed by atoms with Crippen LogP contribution in [-0.4, -0.2) is 11.2 Å². The molecule has 1 unspecified atom stereocenters. The normalized spacial score (nSPS) is 27.0. The van der Waals surface area contributed by atoms with Gasteiger partial charge in [0.1, 0.15) is 0 Å². The minimum atomic E-state index is -0.307. The summed E-state index contributed by atoms with van der Waals surface area (Å²) in [5.41, 5.74) is 1.04. The van der Waals surface area contributed by atoms with Crippen LogP contribution >= 0.6 is 0 Å². The number of hydrogen-bond acceptors (Lipinski definition) is 2. The number of aliphatic hydroxyl groups is 1. The standard InChI is InChI=1S/C14H17NO/c15-10-13(11-6-2-1-3-7-11)12-8-4-5-9-14(12)16/h1-3,6-7,12-14,16H,4-5,8-9H2/t12-,13?,14+/m0/s1. The van der Waals surface area contributed by atoms with Crippen molar-refractivity contribution in [3.8, 4) is 6.07 Å². The van der Waals surface area contributed by atoms with Crippen LogP contribution < -0.4 is 0 Å². The molecule has 0 bridgehead atoms. The van der Waals surface area contributed by atoms with Crippen molar-refractivity contribution in [2.75, 3.05) is 0 Å². The molecule has 1 aliphatic rings. The van der Waals surface area contributed by atoms with Crippen LogP contribution in [-0.2, 0) is 0 Å². The molecular formula is C14H17NO. The summed E-state index contributed by atoms with van der Waals surface area (Å²) in [6.45, 7) is 0. The Hall–Kier alpha value is -1.33. The van der Waals surface area contributed by atoms with E-state index in [1.165, 1.54) is 0 Å². The first-order valence-electron chi connectivity index (χ1n) is 5.95. The zero-order valence-corrected chi connectivity index (χ0v) is 9.34. The summed E-state index contributed by atoms with van der Waals surface area (Å²) in [6, 6.07) is 12.2. The molecular weight excluding hydrogens is 198 g/mol. The zero-order chi connectivity index (χ0) is 11.4. The molecule has 1 fully saturated rings. The topological polar surface area (TPSA) is 44.0 Å². The highest BCUT2D eigenvalue weighted by atomic mass is 16.3. The molecule has 0 saturated heterocycles. The Bertz CT molecular complexity index is 368. The highest BCUT2D eigenvalue weighted by Gasteiger charge is 2.31. The minimum absolute atomic E-state index is 0.112. The average molecular weight is 215 g/mol. The van der Waals surface area contributed by atoms with E-state index in [1.807, 2.05) is 30.3 Å². The van der Waals surface area contributed by atoms with Crippen molar-refractivity contribution in [2.24, 2.45) is 5.92 Å². The molecule has 3 atom stereocenters. The lowest BCUT2D eigenvalue weighted by Gasteiger charge is -2.31. The van der Waals surface area contributed by atoms with Crippen molar-refractivity contribution in [3.63, 3.8) is 0 Å². The van der Waals surface area contributed by atoms with E-state index < -0.39 is 0 Å². The Morgan fingerprint density at radius 3 is 2.50 bits per heavy atom. The number of rotatable bonds is 2. The molecule has 2 rings (SSSR count). The van der Waals surface area contributed by atoms with E-state index in [1.54, 1.807) is 0 Å². The van der Waals surface area contributed by atoms with Crippen LogP contribution in [0.4, 0.5) is 0 Å². The highest BCUT2D eigenvalue weighted by Crippen LogP contribution is 2.35. The summed E-state index contributed by atoms with van der Waals surface area (Å²) in [5.74, 6) is -0.0438. The second-order valence-corrected chi connectivity index (χ2v) is 4.53. The third-order valence-electron chi connectivity index (χ3n) is 3.51. The molecule has 0 aliphatic heterocycles. The molecule has 0 spiro atoms. The molecule has 0 heterocycles. The fraction of sp³-hybridized carbons (Fsp3) is 0.500. The molecule has 1 saturated carbocycles. The molecule has 2 nitrogen and oxygen atoms in total. The van der Waals surface area contributed by atoms with Crippen LogP contribution in [0.2, 0.25) is 0 Å². The van der Waals surface area contributed by atoms with E-state index in [0.29, 0.717) is 0 Å². The second-order valence-electron chi connectivity index (χ2n) is 4.53. The minimum Gasteiger partial charge on any atom is -0.393 e. The van der Waals surface area contributed by atoms with Gasteiger partial charge in [0.05, 0.1) is 18.1 Å². The monoisotopic (exact) mass is 215 g/mol. The van der Waals surface area contributed by atoms with Gasteiger partial charge in [-0.25, -0.2) is 0 Å². The maximum Gasteiger partial charge on any atom is 0.0765 e. The van der Waals surface area contributed by atoms with Gasteiger partial charge in [-0.15, -0.1) is 0 Å². The molecule has 1 N–H and O–H groups in total. The molecule has 16 heavy (non-hydrogen) atoms. The Kier molecular flexibility index (Phi) is 3.58. The van der Waals surface area contributed by atoms with Gasteiger partial charge in [0.15, 0.2) is 0 Å². The van der Waals surface area contributed by atoms with Crippen molar-refractivity contribution in [2.45, 2.75) is 37.7 Å². The summed E-state index contributed by atoms with van der Waals surface area (Å²) in [7, 11) is 0. The fourth-order valence-electron chi connectivity index (χ4n) is 2.61. The van der Waals surface area contributed by atoms with Crippen molar-refractivity contribution >= 4 is 0 Å². The van der Waals surface area contributed by atoms with Crippen LogP contribution in [0.25, 0.3) is 0 Å². The summed E-state index contributed by atoms with van der Waals surface area (Å²) in [4.78, 5) is 0. The van der Waals surface area contributed by atoms with Gasteiger partial charge in [-0.2, -0.15) is 5.26 Å². The molecule has 1 aromatic carbocycles. The lowest BCUT2D eigenvalue weighted by Crippen LogP contribution is -2.29. The molecule has 0 amide bonds. The van der Waals surface area contributed by atoms with Gasteiger partial charge in [-0.3, -0.25) is 0 Å². The maximum atomic E-state index is 9.98. The van der Waals surface area contributed by atoms with E-state index >= 15 is 0 Å². The smallest absolute Gasteiger partial charge is 0.0765 e. The highest BCUT2D eigenvalue weighted by molar-refractivity contribution is 5.26. The quantitative estimate of drug-likeness (QED) is 0.824. The molecule has 0 radical (unpaired) electrons. The van der Waals surface area contributed by atoms with Crippen molar-refractivity contribution < 1.29 is 5.11 Å². The van der Waals surface area contributed by atoms with Gasteiger partial charge in [0.2, 0.25) is 0 Å². The lowest BCUT2D eigenvalue weighted by molar-refractivity contribution is 0.0636. The first-order chi connectivity index (χ1) is 7.83. The molecule has 1 aliphatic carbocycles. The summed E-state index contributed by atoms with van der Waals surface area (Å²) in [5, 5.41) is 19.3. The lowest BCUT2D eigenvalue weighted by atomic mass is 9.76. The molecule has 0 aromatic heterocycles. The predicted molar refractivity (Wildman–Crippen MR) is 62.8 cm³/mol. The van der Waals surface area contributed by atoms with Crippen LogP contribution in [0, 0.1) is 17.2 Å². The summed E-state index contributed by atoms with van der Waals surface area (Å²) < 4.78 is 0. The number of aliphatic hydroxyl groups excluding tert-OH is 1. The van der Waals surface area contributed by atoms with E-state index in [9.17, 15) is 10.4 Å². The zero-order valence-electron chi connectivity index (χ0n) is 9.34. The Balaban J connectivity index is 2.20. The van der Waals surface area contributed by atoms with E-state index in [0.717, 1.165) is 31.2 Å². The Morgan fingerprint density at radius 1 is 1.19 bits per heavy atom. The van der Waals surface area contributed by atoms with E-state index in [2.05, 4.69) is 6.07 Å². The van der Waals surface area contributed by atoms with Crippen LogP contribution in [0.3, 0.4) is 0 Å². The first-order valence-corrected chi connectivity index (χ1v) is 5.95. The third-order valence-corrected chi connectivity index (χ3v) is 3.51. The SMILES string of the molecule is N#CC(c1ccccc1)[C@@H]1CCCC[C@H]1O. The Labute approximate surface area is 96.5 Å². The number of hydrogen-bond donors (Lipinski definition) is 1. The van der Waals surface area contributed by atoms with Gasteiger partial charge in [-0.05, 0) is 18.4 Å². The first kappa shape index (κ1) is 11.2. The van der Waals surface area contributed by atoms with Crippen LogP contribution in [0.1, 0.15) is 37.2 Å². The van der Waals surface area contributed by atoms with Crippen LogP contribution in [0.15, 0.2) is 30.3 Å².